The van der Waals surface area contributed by atoms with E-state index in [0.717, 1.165) is 17.2 Å². The second-order valence-electron chi connectivity index (χ2n) is 4.60. The van der Waals surface area contributed by atoms with Crippen molar-refractivity contribution in [2.75, 3.05) is 13.1 Å². The zero-order valence-corrected chi connectivity index (χ0v) is 13.8. The number of imidazole rings is 1. The second-order valence-corrected chi connectivity index (χ2v) is 7.77. The van der Waals surface area contributed by atoms with Gasteiger partial charge in [0.15, 0.2) is 0 Å². The van der Waals surface area contributed by atoms with Crippen LogP contribution in [0.25, 0.3) is 0 Å². The van der Waals surface area contributed by atoms with Crippen molar-refractivity contribution in [2.45, 2.75) is 24.1 Å². The third-order valence-electron chi connectivity index (χ3n) is 3.01. The molecule has 0 radical (unpaired) electrons. The molecule has 116 valence electrons. The maximum absolute atomic E-state index is 12.2. The molecule has 8 heteroatoms. The Bertz CT molecular complexity index is 676. The normalized spacial score (nSPS) is 11.9. The largest absolute Gasteiger partial charge is 0.338 e. The molecule has 0 fully saturated rings. The highest BCUT2D eigenvalue weighted by molar-refractivity contribution is 7.91. The minimum Gasteiger partial charge on any atom is -0.338 e. The Kier molecular flexibility index (Phi) is 5.51. The lowest BCUT2D eigenvalue weighted by Gasteiger charge is -2.05. The molecule has 0 aliphatic heterocycles. The number of hydrogen-bond donors (Lipinski definition) is 2. The van der Waals surface area contributed by atoms with Crippen molar-refractivity contribution in [1.29, 1.82) is 0 Å². The molecule has 2 heterocycles. The molecule has 0 aliphatic carbocycles. The molecule has 0 spiro atoms. The summed E-state index contributed by atoms with van der Waals surface area (Å²) in [5.41, 5.74) is 0. The monoisotopic (exact) mass is 328 g/mol. The van der Waals surface area contributed by atoms with Crippen LogP contribution in [0.3, 0.4) is 0 Å². The van der Waals surface area contributed by atoms with Gasteiger partial charge < -0.3 is 9.88 Å². The lowest BCUT2D eigenvalue weighted by molar-refractivity contribution is 0.582. The van der Waals surface area contributed by atoms with Crippen LogP contribution in [0.1, 0.15) is 17.6 Å². The van der Waals surface area contributed by atoms with Gasteiger partial charge >= 0.3 is 0 Å². The molecule has 2 rings (SSSR count). The summed E-state index contributed by atoms with van der Waals surface area (Å²) >= 11 is 1.30. The highest BCUT2D eigenvalue weighted by Gasteiger charge is 2.16. The van der Waals surface area contributed by atoms with Gasteiger partial charge in [-0.3, -0.25) is 0 Å². The van der Waals surface area contributed by atoms with E-state index in [4.69, 9.17) is 0 Å². The van der Waals surface area contributed by atoms with Crippen LogP contribution in [0, 0.1) is 0 Å². The molecule has 0 atom stereocenters. The smallest absolute Gasteiger partial charge is 0.250 e. The molecule has 2 aromatic heterocycles. The van der Waals surface area contributed by atoms with Crippen molar-refractivity contribution in [3.8, 4) is 0 Å². The SMILES string of the molecule is CCNCc1ccc(S(=O)(=O)NCCc2nccn2C)s1. The summed E-state index contributed by atoms with van der Waals surface area (Å²) in [5.74, 6) is 0.858. The van der Waals surface area contributed by atoms with Crippen molar-refractivity contribution >= 4 is 21.4 Å². The third kappa shape index (κ3) is 4.37. The lowest BCUT2D eigenvalue weighted by Crippen LogP contribution is -2.26. The summed E-state index contributed by atoms with van der Waals surface area (Å²) in [5, 5.41) is 3.18. The Morgan fingerprint density at radius 1 is 1.38 bits per heavy atom. The van der Waals surface area contributed by atoms with Crippen molar-refractivity contribution in [3.05, 3.63) is 35.2 Å². The van der Waals surface area contributed by atoms with Crippen LogP contribution in [0.2, 0.25) is 0 Å². The summed E-state index contributed by atoms with van der Waals surface area (Å²) in [6.45, 7) is 3.92. The number of aromatic nitrogens is 2. The fourth-order valence-corrected chi connectivity index (χ4v) is 4.25. The van der Waals surface area contributed by atoms with E-state index in [2.05, 4.69) is 15.0 Å². The van der Waals surface area contributed by atoms with Crippen molar-refractivity contribution in [3.63, 3.8) is 0 Å². The summed E-state index contributed by atoms with van der Waals surface area (Å²) in [6.07, 6.45) is 4.12. The Labute approximate surface area is 129 Å². The van der Waals surface area contributed by atoms with Crippen LogP contribution in [0.4, 0.5) is 0 Å². The van der Waals surface area contributed by atoms with Crippen LogP contribution in [-0.4, -0.2) is 31.1 Å². The van der Waals surface area contributed by atoms with E-state index >= 15 is 0 Å². The summed E-state index contributed by atoms with van der Waals surface area (Å²) in [4.78, 5) is 5.18. The van der Waals surface area contributed by atoms with E-state index in [9.17, 15) is 8.42 Å². The first-order valence-electron chi connectivity index (χ1n) is 6.78. The third-order valence-corrected chi connectivity index (χ3v) is 6.05. The fourth-order valence-electron chi connectivity index (χ4n) is 1.85. The molecule has 0 amide bonds. The minimum atomic E-state index is -3.43. The van der Waals surface area contributed by atoms with Gasteiger partial charge in [-0.15, -0.1) is 11.3 Å². The van der Waals surface area contributed by atoms with Crippen molar-refractivity contribution < 1.29 is 8.42 Å². The van der Waals surface area contributed by atoms with Crippen molar-refractivity contribution in [2.24, 2.45) is 7.05 Å². The van der Waals surface area contributed by atoms with Crippen LogP contribution in [0.5, 0.6) is 0 Å². The molecule has 0 saturated carbocycles. The van der Waals surface area contributed by atoms with E-state index in [1.165, 1.54) is 11.3 Å². The quantitative estimate of drug-likeness (QED) is 0.761. The fraction of sp³-hybridized carbons (Fsp3) is 0.462. The maximum atomic E-state index is 12.2. The van der Waals surface area contributed by atoms with Gasteiger partial charge in [-0.05, 0) is 18.7 Å². The van der Waals surface area contributed by atoms with Crippen LogP contribution in [0.15, 0.2) is 28.7 Å². The molecule has 2 aromatic rings. The average Bonchev–Trinajstić information content (AvgIpc) is 3.06. The van der Waals surface area contributed by atoms with Gasteiger partial charge in [-0.1, -0.05) is 6.92 Å². The standard InChI is InChI=1S/C13H20N4O2S2/c1-3-14-10-11-4-5-13(20-11)21(18,19)16-7-6-12-15-8-9-17(12)2/h4-5,8-9,14,16H,3,6-7,10H2,1-2H3. The topological polar surface area (TPSA) is 76.0 Å². The van der Waals surface area contributed by atoms with E-state index in [1.54, 1.807) is 12.3 Å². The number of thiophene rings is 1. The van der Waals surface area contributed by atoms with Crippen LogP contribution in [-0.2, 0) is 30.0 Å². The van der Waals surface area contributed by atoms with Gasteiger partial charge in [0.25, 0.3) is 0 Å². The number of nitrogens with one attached hydrogen (secondary N) is 2. The zero-order chi connectivity index (χ0) is 15.3. The molecule has 0 saturated heterocycles. The Balaban J connectivity index is 1.92. The Morgan fingerprint density at radius 2 is 2.19 bits per heavy atom. The number of rotatable bonds is 8. The number of nitrogens with zero attached hydrogens (tertiary/aromatic N) is 2. The average molecular weight is 328 g/mol. The summed E-state index contributed by atoms with van der Waals surface area (Å²) < 4.78 is 29.2. The minimum absolute atomic E-state index is 0.341. The molecular weight excluding hydrogens is 308 g/mol. The summed E-state index contributed by atoms with van der Waals surface area (Å²) in [6, 6.07) is 3.50. The van der Waals surface area contributed by atoms with Gasteiger partial charge in [0.2, 0.25) is 10.0 Å². The first kappa shape index (κ1) is 16.2. The first-order valence-corrected chi connectivity index (χ1v) is 9.08. The van der Waals surface area contributed by atoms with E-state index in [1.807, 2.05) is 30.8 Å². The van der Waals surface area contributed by atoms with Crippen molar-refractivity contribution in [1.82, 2.24) is 19.6 Å². The molecule has 0 aliphatic rings. The molecule has 2 N–H and O–H groups in total. The number of sulfonamides is 1. The molecule has 6 nitrogen and oxygen atoms in total. The lowest BCUT2D eigenvalue weighted by atomic mass is 10.4. The second kappa shape index (κ2) is 7.17. The van der Waals surface area contributed by atoms with E-state index < -0.39 is 10.0 Å². The first-order chi connectivity index (χ1) is 10.0. The Hall–Kier alpha value is -1.22. The number of aryl methyl sites for hydroxylation is 1. The molecule has 0 bridgehead atoms. The predicted molar refractivity (Wildman–Crippen MR) is 83.8 cm³/mol. The summed E-state index contributed by atoms with van der Waals surface area (Å²) in [7, 11) is -1.53. The highest BCUT2D eigenvalue weighted by Crippen LogP contribution is 2.21. The van der Waals surface area contributed by atoms with Gasteiger partial charge in [0.1, 0.15) is 10.0 Å². The van der Waals surface area contributed by atoms with Crippen LogP contribution >= 0.6 is 11.3 Å². The van der Waals surface area contributed by atoms with Gasteiger partial charge in [0.05, 0.1) is 0 Å². The predicted octanol–water partition coefficient (Wildman–Crippen LogP) is 1.11. The number of hydrogen-bond acceptors (Lipinski definition) is 5. The van der Waals surface area contributed by atoms with E-state index in [0.29, 0.717) is 23.7 Å². The Morgan fingerprint density at radius 3 is 2.86 bits per heavy atom. The van der Waals surface area contributed by atoms with Crippen LogP contribution < -0.4 is 10.0 Å². The molecule has 0 unspecified atom stereocenters. The van der Waals surface area contributed by atoms with Gasteiger partial charge in [-0.25, -0.2) is 18.1 Å². The maximum Gasteiger partial charge on any atom is 0.250 e. The zero-order valence-electron chi connectivity index (χ0n) is 12.2. The molecular formula is C13H20N4O2S2. The van der Waals surface area contributed by atoms with E-state index in [-0.39, 0.29) is 0 Å². The molecule has 21 heavy (non-hydrogen) atoms. The van der Waals surface area contributed by atoms with Gasteiger partial charge in [-0.2, -0.15) is 0 Å². The highest BCUT2D eigenvalue weighted by atomic mass is 32.2. The van der Waals surface area contributed by atoms with Gasteiger partial charge in [0, 0.05) is 43.8 Å². The molecule has 0 aromatic carbocycles.